The number of piperazine rings is 1. The van der Waals surface area contributed by atoms with Crippen LogP contribution in [0.1, 0.15) is 13.3 Å². The van der Waals surface area contributed by atoms with E-state index < -0.39 is 16.9 Å². The Morgan fingerprint density at radius 3 is 2.21 bits per heavy atom. The Bertz CT molecular complexity index is 856. The van der Waals surface area contributed by atoms with Gasteiger partial charge in [0, 0.05) is 51.3 Å². The molecule has 182 valence electrons. The lowest BCUT2D eigenvalue weighted by molar-refractivity contribution is -0.384. The molecular weight excluding hydrogens is 444 g/mol. The molecule has 1 fully saturated rings. The summed E-state index contributed by atoms with van der Waals surface area (Å²) in [5.41, 5.74) is 0.144. The Balaban J connectivity index is 0.000000801. The molecule has 1 aliphatic heterocycles. The molecule has 2 rings (SSSR count). The third-order valence-electron chi connectivity index (χ3n) is 4.40. The van der Waals surface area contributed by atoms with E-state index in [0.29, 0.717) is 45.1 Å². The number of benzene rings is 1. The van der Waals surface area contributed by atoms with E-state index in [1.807, 2.05) is 0 Å². The third-order valence-corrected chi connectivity index (χ3v) is 4.40. The Morgan fingerprint density at radius 1 is 1.12 bits per heavy atom. The first-order valence-corrected chi connectivity index (χ1v) is 9.81. The topological polar surface area (TPSA) is 189 Å². The van der Waals surface area contributed by atoms with Crippen molar-refractivity contribution in [3.63, 3.8) is 0 Å². The van der Waals surface area contributed by atoms with Crippen molar-refractivity contribution in [2.24, 2.45) is 0 Å². The second-order valence-electron chi connectivity index (χ2n) is 6.58. The van der Waals surface area contributed by atoms with E-state index in [4.69, 9.17) is 29.3 Å². The van der Waals surface area contributed by atoms with Crippen LogP contribution in [0.2, 0.25) is 0 Å². The quantitative estimate of drug-likeness (QED) is 0.291. The maximum Gasteiger partial charge on any atom is 0.414 e. The van der Waals surface area contributed by atoms with Crippen molar-refractivity contribution < 1.29 is 43.8 Å². The summed E-state index contributed by atoms with van der Waals surface area (Å²) >= 11 is 0. The number of rotatable bonds is 7. The number of amides is 2. The summed E-state index contributed by atoms with van der Waals surface area (Å²) in [4.78, 5) is 56.2. The Morgan fingerprint density at radius 2 is 1.73 bits per heavy atom. The Labute approximate surface area is 188 Å². The molecule has 3 N–H and O–H groups in total. The van der Waals surface area contributed by atoms with E-state index in [-0.39, 0.29) is 29.8 Å². The fraction of sp³-hybridized carbons (Fsp3) is 0.474. The van der Waals surface area contributed by atoms with Crippen molar-refractivity contribution in [3.05, 3.63) is 28.3 Å². The molecule has 1 saturated heterocycles. The van der Waals surface area contributed by atoms with Gasteiger partial charge >= 0.3 is 18.0 Å². The Kier molecular flexibility index (Phi) is 11.1. The van der Waals surface area contributed by atoms with Crippen molar-refractivity contribution in [1.29, 1.82) is 0 Å². The number of carbonyl (C=O) groups is 4. The number of carbonyl (C=O) groups excluding carboxylic acids is 2. The van der Waals surface area contributed by atoms with Gasteiger partial charge in [-0.1, -0.05) is 0 Å². The van der Waals surface area contributed by atoms with Gasteiger partial charge in [-0.25, -0.2) is 14.4 Å². The number of hydrogen-bond acceptors (Lipinski definition) is 9. The van der Waals surface area contributed by atoms with Gasteiger partial charge in [-0.3, -0.25) is 19.8 Å². The number of hydrogen-bond donors (Lipinski definition) is 3. The van der Waals surface area contributed by atoms with Crippen LogP contribution in [0.3, 0.4) is 0 Å². The van der Waals surface area contributed by atoms with E-state index >= 15 is 0 Å². The van der Waals surface area contributed by atoms with Crippen LogP contribution >= 0.6 is 0 Å². The number of aliphatic carboxylic acids is 2. The largest absolute Gasteiger partial charge is 0.495 e. The highest BCUT2D eigenvalue weighted by atomic mass is 16.6. The first-order valence-electron chi connectivity index (χ1n) is 9.81. The van der Waals surface area contributed by atoms with Gasteiger partial charge in [0.05, 0.1) is 24.3 Å². The number of nitro benzene ring substituents is 1. The van der Waals surface area contributed by atoms with Crippen LogP contribution < -0.4 is 10.1 Å². The zero-order chi connectivity index (χ0) is 25.0. The number of nitrogens with one attached hydrogen (secondary N) is 1. The summed E-state index contributed by atoms with van der Waals surface area (Å²) in [6.07, 6.45) is -0.0849. The van der Waals surface area contributed by atoms with E-state index in [0.717, 1.165) is 0 Å². The van der Waals surface area contributed by atoms with Crippen LogP contribution in [0.4, 0.5) is 16.2 Å². The minimum Gasteiger partial charge on any atom is -0.495 e. The number of methoxy groups -OCH3 is 1. The molecule has 0 atom stereocenters. The second kappa shape index (κ2) is 13.5. The summed E-state index contributed by atoms with van der Waals surface area (Å²) < 4.78 is 10.1. The Hall–Kier alpha value is -3.94. The average Bonchev–Trinajstić information content (AvgIpc) is 2.78. The van der Waals surface area contributed by atoms with Gasteiger partial charge in [0.2, 0.25) is 5.91 Å². The molecule has 0 spiro atoms. The average molecular weight is 470 g/mol. The highest BCUT2D eigenvalue weighted by molar-refractivity contribution is 6.27. The molecule has 14 nitrogen and oxygen atoms in total. The van der Waals surface area contributed by atoms with E-state index in [1.54, 1.807) is 11.8 Å². The molecule has 0 radical (unpaired) electrons. The minimum atomic E-state index is -1.82. The lowest BCUT2D eigenvalue weighted by Gasteiger charge is -2.33. The molecule has 0 aromatic heterocycles. The number of carboxylic acids is 2. The molecule has 33 heavy (non-hydrogen) atoms. The molecule has 0 bridgehead atoms. The number of nitrogens with zero attached hydrogens (tertiary/aromatic N) is 3. The summed E-state index contributed by atoms with van der Waals surface area (Å²) in [5.74, 6) is -3.55. The lowest BCUT2D eigenvalue weighted by Crippen LogP contribution is -2.49. The van der Waals surface area contributed by atoms with Gasteiger partial charge in [-0.05, 0) is 13.0 Å². The van der Waals surface area contributed by atoms with Crippen molar-refractivity contribution in [2.75, 3.05) is 51.8 Å². The predicted octanol–water partition coefficient (Wildman–Crippen LogP) is 0.862. The number of carboxylic acid groups (broad SMARTS) is 2. The first kappa shape index (κ1) is 27.1. The molecule has 1 aliphatic rings. The standard InChI is InChI=1S/C17H24N4O6.C2H2O4/c1-3-27-17(23)20-10-8-19(9-11-20)7-6-16(22)18-14-12-13(21(24)25)4-5-15(14)26-2;3-1(4)2(5)6/h4-5,12H,3,6-11H2,1-2H3,(H,18,22);(H,3,4)(H,5,6). The third kappa shape index (κ3) is 9.39. The van der Waals surface area contributed by atoms with Crippen LogP contribution in [0.5, 0.6) is 5.75 Å². The van der Waals surface area contributed by atoms with Gasteiger partial charge in [-0.2, -0.15) is 0 Å². The maximum absolute atomic E-state index is 12.2. The lowest BCUT2D eigenvalue weighted by atomic mass is 10.2. The van der Waals surface area contributed by atoms with Crippen molar-refractivity contribution in [2.45, 2.75) is 13.3 Å². The van der Waals surface area contributed by atoms with E-state index in [2.05, 4.69) is 10.2 Å². The smallest absolute Gasteiger partial charge is 0.414 e. The van der Waals surface area contributed by atoms with Gasteiger partial charge in [0.25, 0.3) is 5.69 Å². The summed E-state index contributed by atoms with van der Waals surface area (Å²) in [5, 5.41) is 28.3. The van der Waals surface area contributed by atoms with Gasteiger partial charge in [-0.15, -0.1) is 0 Å². The number of nitro groups is 1. The van der Waals surface area contributed by atoms with Crippen LogP contribution in [0.25, 0.3) is 0 Å². The van der Waals surface area contributed by atoms with Crippen LogP contribution in [-0.2, 0) is 19.1 Å². The van der Waals surface area contributed by atoms with Gasteiger partial charge in [0.15, 0.2) is 0 Å². The first-order chi connectivity index (χ1) is 15.6. The fourth-order valence-electron chi connectivity index (χ4n) is 2.75. The van der Waals surface area contributed by atoms with Gasteiger partial charge in [0.1, 0.15) is 5.75 Å². The molecule has 1 aromatic carbocycles. The minimum absolute atomic E-state index is 0.124. The van der Waals surface area contributed by atoms with Crippen molar-refractivity contribution in [3.8, 4) is 5.75 Å². The second-order valence-corrected chi connectivity index (χ2v) is 6.58. The number of anilines is 1. The number of non-ortho nitro benzene ring substituents is 1. The van der Waals surface area contributed by atoms with Crippen molar-refractivity contribution in [1.82, 2.24) is 9.80 Å². The van der Waals surface area contributed by atoms with E-state index in [1.165, 1.54) is 25.3 Å². The van der Waals surface area contributed by atoms with Crippen LogP contribution in [-0.4, -0.2) is 95.3 Å². The molecule has 1 aromatic rings. The molecule has 14 heteroatoms. The van der Waals surface area contributed by atoms with Crippen molar-refractivity contribution >= 4 is 35.3 Å². The predicted molar refractivity (Wildman–Crippen MR) is 113 cm³/mol. The maximum atomic E-state index is 12.2. The highest BCUT2D eigenvalue weighted by Crippen LogP contribution is 2.28. The van der Waals surface area contributed by atoms with Gasteiger partial charge < -0.3 is 29.9 Å². The molecule has 0 saturated carbocycles. The molecule has 0 unspecified atom stereocenters. The van der Waals surface area contributed by atoms with Crippen LogP contribution in [0.15, 0.2) is 18.2 Å². The van der Waals surface area contributed by atoms with Crippen LogP contribution in [0, 0.1) is 10.1 Å². The zero-order valence-corrected chi connectivity index (χ0v) is 18.2. The SMILES string of the molecule is CCOC(=O)N1CCN(CCC(=O)Nc2cc([N+](=O)[O-])ccc2OC)CC1.O=C(O)C(=O)O. The summed E-state index contributed by atoms with van der Waals surface area (Å²) in [7, 11) is 1.43. The molecule has 1 heterocycles. The molecular formula is C19H26N4O10. The fourth-order valence-corrected chi connectivity index (χ4v) is 2.75. The molecule has 0 aliphatic carbocycles. The monoisotopic (exact) mass is 470 g/mol. The highest BCUT2D eigenvalue weighted by Gasteiger charge is 2.22. The van der Waals surface area contributed by atoms with E-state index in [9.17, 15) is 19.7 Å². The summed E-state index contributed by atoms with van der Waals surface area (Å²) in [6.45, 7) is 5.07. The number of ether oxygens (including phenoxy) is 2. The normalized spacial score (nSPS) is 13.2. The zero-order valence-electron chi connectivity index (χ0n) is 18.2. The summed E-state index contributed by atoms with van der Waals surface area (Å²) in [6, 6.07) is 4.04. The molecule has 2 amide bonds.